The Morgan fingerprint density at radius 2 is 1.94 bits per heavy atom. The van der Waals surface area contributed by atoms with E-state index in [1.165, 1.54) is 5.69 Å². The number of carbonyl (C=O) groups is 1. The van der Waals surface area contributed by atoms with Crippen LogP contribution in [0.25, 0.3) is 5.78 Å². The van der Waals surface area contributed by atoms with Gasteiger partial charge in [0.1, 0.15) is 5.82 Å². The summed E-state index contributed by atoms with van der Waals surface area (Å²) in [4.78, 5) is 30.7. The Morgan fingerprint density at radius 3 is 2.71 bits per heavy atom. The molecule has 162 valence electrons. The molecule has 2 amide bonds. The maximum Gasteiger partial charge on any atom is 0.327 e. The fourth-order valence-corrected chi connectivity index (χ4v) is 4.72. The van der Waals surface area contributed by atoms with E-state index in [0.29, 0.717) is 30.1 Å². The topological polar surface area (TPSA) is 90.7 Å². The number of piperazine rings is 1. The second kappa shape index (κ2) is 7.49. The number of imidazole rings is 1. The molecule has 2 aliphatic heterocycles. The van der Waals surface area contributed by atoms with E-state index in [2.05, 4.69) is 50.4 Å². The first-order valence-electron chi connectivity index (χ1n) is 10.8. The van der Waals surface area contributed by atoms with Crippen LogP contribution < -0.4 is 20.4 Å². The quantitative estimate of drug-likeness (QED) is 0.662. The average Bonchev–Trinajstić information content (AvgIpc) is 3.29. The maximum atomic E-state index is 13.2. The summed E-state index contributed by atoms with van der Waals surface area (Å²) in [5, 5.41) is 6.60. The normalized spacial score (nSPS) is 20.9. The number of fused-ring (bicyclic) bond motifs is 2. The lowest BCUT2D eigenvalue weighted by molar-refractivity contribution is 0.257. The fourth-order valence-electron chi connectivity index (χ4n) is 4.72. The van der Waals surface area contributed by atoms with E-state index in [9.17, 15) is 4.79 Å². The summed E-state index contributed by atoms with van der Waals surface area (Å²) < 4.78 is 1.83. The van der Waals surface area contributed by atoms with Crippen molar-refractivity contribution in [1.29, 1.82) is 0 Å². The number of pyridine rings is 1. The molecule has 0 radical (unpaired) electrons. The minimum Gasteiger partial charge on any atom is -0.368 e. The number of nitrogens with zero attached hydrogens (tertiary/aromatic N) is 6. The van der Waals surface area contributed by atoms with E-state index in [-0.39, 0.29) is 6.03 Å². The summed E-state index contributed by atoms with van der Waals surface area (Å²) in [7, 11) is 0. The van der Waals surface area contributed by atoms with Gasteiger partial charge in [0.2, 0.25) is 5.78 Å². The van der Waals surface area contributed by atoms with Crippen molar-refractivity contribution >= 4 is 29.0 Å². The zero-order valence-electron chi connectivity index (χ0n) is 18.4. The number of nitrogens with one attached hydrogen (secondary N) is 2. The summed E-state index contributed by atoms with van der Waals surface area (Å²) in [6, 6.07) is 2.73. The van der Waals surface area contributed by atoms with Crippen molar-refractivity contribution in [1.82, 2.24) is 24.7 Å². The van der Waals surface area contributed by atoms with E-state index in [1.54, 1.807) is 4.90 Å². The number of hydrogen-bond acceptors (Lipinski definition) is 6. The molecule has 2 atom stereocenters. The number of hydrogen-bond donors (Lipinski definition) is 2. The molecule has 0 aliphatic carbocycles. The molecule has 0 aromatic carbocycles. The second-order valence-corrected chi connectivity index (χ2v) is 8.67. The predicted molar refractivity (Wildman–Crippen MR) is 121 cm³/mol. The number of aryl methyl sites for hydroxylation is 2. The molecule has 0 saturated carbocycles. The smallest absolute Gasteiger partial charge is 0.327 e. The molecule has 5 heterocycles. The molecule has 0 bridgehead atoms. The largest absolute Gasteiger partial charge is 0.368 e. The van der Waals surface area contributed by atoms with E-state index in [1.807, 2.05) is 36.8 Å². The van der Waals surface area contributed by atoms with Crippen LogP contribution in [0.5, 0.6) is 0 Å². The van der Waals surface area contributed by atoms with E-state index >= 15 is 0 Å². The number of rotatable bonds is 2. The van der Waals surface area contributed by atoms with Crippen LogP contribution in [0, 0.1) is 13.8 Å². The number of urea groups is 1. The summed E-state index contributed by atoms with van der Waals surface area (Å²) in [5.74, 6) is 1.38. The van der Waals surface area contributed by atoms with Gasteiger partial charge in [-0.3, -0.25) is 9.30 Å². The van der Waals surface area contributed by atoms with Gasteiger partial charge in [0.15, 0.2) is 0 Å². The molecule has 1 saturated heterocycles. The van der Waals surface area contributed by atoms with Crippen molar-refractivity contribution in [3.63, 3.8) is 0 Å². The molecule has 5 rings (SSSR count). The van der Waals surface area contributed by atoms with Gasteiger partial charge < -0.3 is 15.5 Å². The first kappa shape index (κ1) is 19.7. The number of amides is 2. The molecule has 3 aromatic rings. The Labute approximate surface area is 181 Å². The van der Waals surface area contributed by atoms with Crippen molar-refractivity contribution in [2.24, 2.45) is 0 Å². The van der Waals surface area contributed by atoms with Crippen molar-refractivity contribution in [2.75, 3.05) is 34.8 Å². The highest BCUT2D eigenvalue weighted by molar-refractivity contribution is 6.03. The van der Waals surface area contributed by atoms with Crippen molar-refractivity contribution in [3.8, 4) is 0 Å². The Balaban J connectivity index is 1.40. The average molecular weight is 421 g/mol. The van der Waals surface area contributed by atoms with E-state index in [4.69, 9.17) is 0 Å². The zero-order valence-corrected chi connectivity index (χ0v) is 18.4. The van der Waals surface area contributed by atoms with Gasteiger partial charge in [0, 0.05) is 61.6 Å². The molecule has 2 N–H and O–H groups in total. The Kier molecular flexibility index (Phi) is 4.77. The Morgan fingerprint density at radius 1 is 1.16 bits per heavy atom. The summed E-state index contributed by atoms with van der Waals surface area (Å²) in [6.07, 6.45) is 6.37. The number of aromatic nitrogens is 4. The highest BCUT2D eigenvalue weighted by Crippen LogP contribution is 2.35. The fraction of sp³-hybridized carbons (Fsp3) is 0.455. The Hall–Kier alpha value is -3.20. The Bertz CT molecular complexity index is 1150. The first-order chi connectivity index (χ1) is 14.9. The monoisotopic (exact) mass is 420 g/mol. The SMILES string of the molecule is Cc1cn2cc(NC(=O)N3CCc4c(N5CC(C)NC(C)C5)ccnc43)c(C)nc2n1. The lowest BCUT2D eigenvalue weighted by Gasteiger charge is -2.38. The molecule has 9 heteroatoms. The van der Waals surface area contributed by atoms with E-state index in [0.717, 1.165) is 42.3 Å². The van der Waals surface area contributed by atoms with Gasteiger partial charge >= 0.3 is 6.03 Å². The highest BCUT2D eigenvalue weighted by Gasteiger charge is 2.31. The molecular formula is C22H28N8O. The summed E-state index contributed by atoms with van der Waals surface area (Å²) in [5.41, 5.74) is 4.63. The van der Waals surface area contributed by atoms with Crippen molar-refractivity contribution in [2.45, 2.75) is 46.2 Å². The minimum absolute atomic E-state index is 0.188. The van der Waals surface area contributed by atoms with Gasteiger partial charge in [-0.15, -0.1) is 0 Å². The predicted octanol–water partition coefficient (Wildman–Crippen LogP) is 2.52. The third-order valence-corrected chi connectivity index (χ3v) is 5.99. The van der Waals surface area contributed by atoms with Crippen LogP contribution in [0.15, 0.2) is 24.7 Å². The number of carbonyl (C=O) groups excluding carboxylic acids is 1. The van der Waals surface area contributed by atoms with Crippen LogP contribution in [0.4, 0.5) is 22.0 Å². The molecule has 2 unspecified atom stereocenters. The van der Waals surface area contributed by atoms with Gasteiger partial charge in [-0.1, -0.05) is 0 Å². The molecule has 3 aromatic heterocycles. The van der Waals surface area contributed by atoms with Crippen LogP contribution in [-0.4, -0.2) is 57.1 Å². The van der Waals surface area contributed by atoms with Gasteiger partial charge in [-0.2, -0.15) is 0 Å². The maximum absolute atomic E-state index is 13.2. The zero-order chi connectivity index (χ0) is 21.7. The molecule has 31 heavy (non-hydrogen) atoms. The third kappa shape index (κ3) is 3.59. The second-order valence-electron chi connectivity index (χ2n) is 8.67. The van der Waals surface area contributed by atoms with Crippen molar-refractivity contribution < 1.29 is 4.79 Å². The van der Waals surface area contributed by atoms with E-state index < -0.39 is 0 Å². The first-order valence-corrected chi connectivity index (χ1v) is 10.8. The van der Waals surface area contributed by atoms with Gasteiger partial charge in [0.25, 0.3) is 0 Å². The standard InChI is InChI=1S/C22H28N8O/c1-13-9-28(10-14(2)24-13)19-5-7-23-20-17(19)6-8-30(20)22(31)27-18-12-29-11-15(3)25-21(29)26-16(18)4/h5,7,11-14,24H,6,8-10H2,1-4H3,(H,27,31). The number of anilines is 3. The molecule has 2 aliphatic rings. The van der Waals surface area contributed by atoms with Gasteiger partial charge in [0.05, 0.1) is 17.1 Å². The lowest BCUT2D eigenvalue weighted by atomic mass is 10.1. The van der Waals surface area contributed by atoms with Crippen molar-refractivity contribution in [3.05, 3.63) is 41.6 Å². The highest BCUT2D eigenvalue weighted by atomic mass is 16.2. The van der Waals surface area contributed by atoms with Crippen LogP contribution in [0.1, 0.15) is 30.8 Å². The van der Waals surface area contributed by atoms with Crippen LogP contribution in [-0.2, 0) is 6.42 Å². The third-order valence-electron chi connectivity index (χ3n) is 5.99. The van der Waals surface area contributed by atoms with Gasteiger partial charge in [-0.05, 0) is 40.2 Å². The lowest BCUT2D eigenvalue weighted by Crippen LogP contribution is -2.54. The van der Waals surface area contributed by atoms with Crippen LogP contribution >= 0.6 is 0 Å². The van der Waals surface area contributed by atoms with Gasteiger partial charge in [-0.25, -0.2) is 19.7 Å². The van der Waals surface area contributed by atoms with Crippen LogP contribution in [0.2, 0.25) is 0 Å². The summed E-state index contributed by atoms with van der Waals surface area (Å²) >= 11 is 0. The molecular weight excluding hydrogens is 392 g/mol. The minimum atomic E-state index is -0.188. The summed E-state index contributed by atoms with van der Waals surface area (Å²) in [6.45, 7) is 10.7. The molecule has 0 spiro atoms. The van der Waals surface area contributed by atoms with Crippen LogP contribution in [0.3, 0.4) is 0 Å². The molecule has 1 fully saturated rings. The molecule has 9 nitrogen and oxygen atoms in total.